The Morgan fingerprint density at radius 2 is 1.78 bits per heavy atom. The number of benzene rings is 2. The van der Waals surface area contributed by atoms with Gasteiger partial charge in [0.2, 0.25) is 0 Å². The number of imidazole rings is 1. The summed E-state index contributed by atoms with van der Waals surface area (Å²) in [6.45, 7) is 0.00920. The maximum Gasteiger partial charge on any atom is 0.296 e. The number of nitrogens with one attached hydrogen (secondary N) is 1. The molecule has 3 N–H and O–H groups in total. The minimum Gasteiger partial charge on any atom is -0.459 e. The third-order valence-corrected chi connectivity index (χ3v) is 6.63. The molecule has 2 aromatic carbocycles. The van der Waals surface area contributed by atoms with E-state index in [1.165, 1.54) is 0 Å². The highest BCUT2D eigenvalue weighted by Gasteiger charge is 2.31. The SMILES string of the molecule is OCC1OC[C@H](Oc2nc3nc(-c4ccc(-c5ccc(-n6ccnn6)cc5)cc4)c(Cl)cc3[nH]2)C[C@@H]1O. The van der Waals surface area contributed by atoms with Gasteiger partial charge in [0.25, 0.3) is 6.01 Å². The number of hydrogen-bond acceptors (Lipinski definition) is 8. The number of hydrogen-bond donors (Lipinski definition) is 3. The first-order valence-electron chi connectivity index (χ1n) is 11.8. The number of aromatic amines is 1. The van der Waals surface area contributed by atoms with E-state index in [1.807, 2.05) is 48.5 Å². The molecule has 4 heterocycles. The zero-order valence-electron chi connectivity index (χ0n) is 19.5. The maximum atomic E-state index is 10.1. The molecule has 0 saturated carbocycles. The fraction of sp³-hybridized carbons (Fsp3) is 0.231. The largest absolute Gasteiger partial charge is 0.459 e. The Balaban J connectivity index is 1.20. The van der Waals surface area contributed by atoms with Gasteiger partial charge in [-0.25, -0.2) is 9.67 Å². The third-order valence-electron chi connectivity index (χ3n) is 6.34. The monoisotopic (exact) mass is 518 g/mol. The van der Waals surface area contributed by atoms with Crippen molar-refractivity contribution in [2.45, 2.75) is 24.7 Å². The van der Waals surface area contributed by atoms with Crippen LogP contribution in [0, 0.1) is 0 Å². The van der Waals surface area contributed by atoms with Gasteiger partial charge in [-0.15, -0.1) is 5.10 Å². The van der Waals surface area contributed by atoms with E-state index in [-0.39, 0.29) is 19.2 Å². The third kappa shape index (κ3) is 4.79. The fourth-order valence-corrected chi connectivity index (χ4v) is 4.63. The molecule has 6 rings (SSSR count). The number of rotatable bonds is 6. The van der Waals surface area contributed by atoms with Gasteiger partial charge in [0.1, 0.15) is 12.2 Å². The molecule has 0 aliphatic carbocycles. The van der Waals surface area contributed by atoms with Crippen LogP contribution in [0.2, 0.25) is 5.02 Å². The van der Waals surface area contributed by atoms with E-state index in [4.69, 9.17) is 21.1 Å². The molecule has 0 radical (unpaired) electrons. The lowest BCUT2D eigenvalue weighted by molar-refractivity contribution is -0.131. The summed E-state index contributed by atoms with van der Waals surface area (Å²) >= 11 is 6.57. The number of aromatic nitrogens is 6. The Hall–Kier alpha value is -3.83. The van der Waals surface area contributed by atoms with E-state index in [0.29, 0.717) is 28.3 Å². The van der Waals surface area contributed by atoms with Crippen LogP contribution >= 0.6 is 11.6 Å². The molecule has 0 spiro atoms. The Kier molecular flexibility index (Phi) is 6.31. The second-order valence-corrected chi connectivity index (χ2v) is 9.21. The highest BCUT2D eigenvalue weighted by Crippen LogP contribution is 2.31. The average molecular weight is 519 g/mol. The molecule has 1 saturated heterocycles. The highest BCUT2D eigenvalue weighted by molar-refractivity contribution is 6.33. The number of aliphatic hydroxyl groups is 2. The predicted octanol–water partition coefficient (Wildman–Crippen LogP) is 3.42. The molecule has 11 heteroatoms. The summed E-state index contributed by atoms with van der Waals surface area (Å²) in [6.07, 6.45) is 1.98. The predicted molar refractivity (Wildman–Crippen MR) is 137 cm³/mol. The first-order valence-corrected chi connectivity index (χ1v) is 12.2. The molecule has 1 aliphatic rings. The number of nitrogens with zero attached hydrogens (tertiary/aromatic N) is 5. The van der Waals surface area contributed by atoms with Crippen molar-refractivity contribution in [3.8, 4) is 34.1 Å². The van der Waals surface area contributed by atoms with Crippen LogP contribution in [0.4, 0.5) is 0 Å². The first kappa shape index (κ1) is 23.6. The lowest BCUT2D eigenvalue weighted by atomic mass is 10.0. The first-order chi connectivity index (χ1) is 18.1. The second-order valence-electron chi connectivity index (χ2n) is 8.80. The van der Waals surface area contributed by atoms with Crippen molar-refractivity contribution < 1.29 is 19.7 Å². The number of fused-ring (bicyclic) bond motifs is 1. The molecule has 0 bridgehead atoms. The van der Waals surface area contributed by atoms with Crippen LogP contribution in [-0.2, 0) is 4.74 Å². The molecule has 1 aliphatic heterocycles. The van der Waals surface area contributed by atoms with Gasteiger partial charge in [0.15, 0.2) is 5.65 Å². The summed E-state index contributed by atoms with van der Waals surface area (Å²) in [4.78, 5) is 12.2. The van der Waals surface area contributed by atoms with Crippen molar-refractivity contribution >= 4 is 22.8 Å². The van der Waals surface area contributed by atoms with E-state index < -0.39 is 18.3 Å². The van der Waals surface area contributed by atoms with Gasteiger partial charge < -0.3 is 24.7 Å². The van der Waals surface area contributed by atoms with E-state index in [0.717, 1.165) is 22.4 Å². The molecular weight excluding hydrogens is 496 g/mol. The summed E-state index contributed by atoms with van der Waals surface area (Å²) < 4.78 is 13.0. The van der Waals surface area contributed by atoms with Crippen LogP contribution in [0.3, 0.4) is 0 Å². The van der Waals surface area contributed by atoms with Crippen LogP contribution in [0.15, 0.2) is 67.0 Å². The van der Waals surface area contributed by atoms with Gasteiger partial charge in [0, 0.05) is 12.0 Å². The van der Waals surface area contributed by atoms with Gasteiger partial charge in [-0.1, -0.05) is 53.2 Å². The lowest BCUT2D eigenvalue weighted by Gasteiger charge is -2.31. The Labute approximate surface area is 216 Å². The Morgan fingerprint density at radius 3 is 2.46 bits per heavy atom. The second kappa shape index (κ2) is 9.91. The van der Waals surface area contributed by atoms with Gasteiger partial charge >= 0.3 is 0 Å². The molecule has 188 valence electrons. The minimum absolute atomic E-state index is 0.235. The van der Waals surface area contributed by atoms with Crippen molar-refractivity contribution in [3.05, 3.63) is 72.0 Å². The molecule has 1 fully saturated rings. The molecular formula is C26H23ClN6O4. The van der Waals surface area contributed by atoms with Crippen LogP contribution < -0.4 is 4.74 Å². The van der Waals surface area contributed by atoms with Crippen LogP contribution in [0.5, 0.6) is 6.01 Å². The number of ether oxygens (including phenoxy) is 2. The van der Waals surface area contributed by atoms with Crippen LogP contribution in [-0.4, -0.2) is 71.7 Å². The molecule has 10 nitrogen and oxygen atoms in total. The van der Waals surface area contributed by atoms with Gasteiger partial charge in [0.05, 0.1) is 53.6 Å². The number of aliphatic hydroxyl groups excluding tert-OH is 2. The smallest absolute Gasteiger partial charge is 0.296 e. The Bertz CT molecular complexity index is 1510. The molecule has 3 aromatic heterocycles. The summed E-state index contributed by atoms with van der Waals surface area (Å²) in [5.41, 5.74) is 5.64. The van der Waals surface area contributed by atoms with Gasteiger partial charge in [-0.2, -0.15) is 4.98 Å². The van der Waals surface area contributed by atoms with Crippen molar-refractivity contribution in [2.75, 3.05) is 13.2 Å². The van der Waals surface area contributed by atoms with E-state index >= 15 is 0 Å². The van der Waals surface area contributed by atoms with Crippen molar-refractivity contribution in [1.82, 2.24) is 29.9 Å². The standard InChI is InChI=1S/C26H23ClN6O4/c27-20-12-21-25(31-26(29-21)37-19-11-22(35)23(13-34)36-14-19)30-24(20)17-3-1-15(2-4-17)16-5-7-18(8-6-16)33-10-9-28-32-33/h1-10,12,19,22-23,34-35H,11,13-14H2,(H,29,30,31)/t19-,22+,23?/m1/s1. The van der Waals surface area contributed by atoms with Crippen LogP contribution in [0.25, 0.3) is 39.2 Å². The molecule has 3 atom stereocenters. The number of pyridine rings is 1. The van der Waals surface area contributed by atoms with E-state index in [2.05, 4.69) is 25.3 Å². The van der Waals surface area contributed by atoms with Crippen molar-refractivity contribution in [1.29, 1.82) is 0 Å². The van der Waals surface area contributed by atoms with Crippen LogP contribution in [0.1, 0.15) is 6.42 Å². The van der Waals surface area contributed by atoms with Gasteiger partial charge in [-0.3, -0.25) is 0 Å². The lowest BCUT2D eigenvalue weighted by Crippen LogP contribution is -2.45. The molecule has 1 unspecified atom stereocenters. The molecule has 0 amide bonds. The average Bonchev–Trinajstić information content (AvgIpc) is 3.59. The fourth-order valence-electron chi connectivity index (χ4n) is 4.37. The zero-order valence-corrected chi connectivity index (χ0v) is 20.3. The van der Waals surface area contributed by atoms with Crippen molar-refractivity contribution in [3.63, 3.8) is 0 Å². The van der Waals surface area contributed by atoms with Gasteiger partial charge in [-0.05, 0) is 29.3 Å². The number of H-pyrrole nitrogens is 1. The quantitative estimate of drug-likeness (QED) is 0.311. The molecule has 5 aromatic rings. The minimum atomic E-state index is -0.804. The Morgan fingerprint density at radius 1 is 1.05 bits per heavy atom. The zero-order chi connectivity index (χ0) is 25.4. The highest BCUT2D eigenvalue weighted by atomic mass is 35.5. The summed E-state index contributed by atoms with van der Waals surface area (Å²) in [5.74, 6) is 0. The summed E-state index contributed by atoms with van der Waals surface area (Å²) in [6, 6.07) is 18.1. The summed E-state index contributed by atoms with van der Waals surface area (Å²) in [7, 11) is 0. The van der Waals surface area contributed by atoms with Crippen molar-refractivity contribution in [2.24, 2.45) is 0 Å². The maximum absolute atomic E-state index is 10.1. The number of halogens is 1. The van der Waals surface area contributed by atoms with E-state index in [1.54, 1.807) is 23.1 Å². The topological polar surface area (TPSA) is 131 Å². The molecule has 37 heavy (non-hydrogen) atoms. The normalized spacial score (nSPS) is 19.8. The summed E-state index contributed by atoms with van der Waals surface area (Å²) in [5, 5.41) is 27.6. The van der Waals surface area contributed by atoms with E-state index in [9.17, 15) is 10.2 Å².